The molecule has 9 aromatic rings. The first-order chi connectivity index (χ1) is 33.7. The lowest BCUT2D eigenvalue weighted by Gasteiger charge is -2.49. The fourth-order valence-electron chi connectivity index (χ4n) is 14.5. The van der Waals surface area contributed by atoms with Crippen LogP contribution in [-0.2, 0) is 32.5 Å². The minimum Gasteiger partial charge on any atom is -0.455 e. The maximum atomic E-state index is 7.25. The van der Waals surface area contributed by atoms with Crippen molar-refractivity contribution in [2.45, 2.75) is 154 Å². The van der Waals surface area contributed by atoms with Crippen LogP contribution in [0.25, 0.3) is 55.0 Å². The minimum atomic E-state index is -0.216. The first-order valence-corrected chi connectivity index (χ1v) is 26.7. The molecular formula is C66H67BN2O2. The van der Waals surface area contributed by atoms with E-state index in [1.165, 1.54) is 85.5 Å². The second-order valence-electron chi connectivity index (χ2n) is 26.4. The van der Waals surface area contributed by atoms with Gasteiger partial charge >= 0.3 is 6.85 Å². The molecule has 0 N–H and O–H groups in total. The Hall–Kier alpha value is -6.20. The lowest BCUT2D eigenvalue weighted by Crippen LogP contribution is -2.62. The third-order valence-electron chi connectivity index (χ3n) is 19.2. The highest BCUT2D eigenvalue weighted by molar-refractivity contribution is 6.94. The summed E-state index contributed by atoms with van der Waals surface area (Å²) in [4.78, 5) is 5.41. The van der Waals surface area contributed by atoms with Crippen molar-refractivity contribution in [3.8, 4) is 11.1 Å². The highest BCUT2D eigenvalue weighted by Gasteiger charge is 2.51. The molecule has 2 aliphatic heterocycles. The maximum Gasteiger partial charge on any atom is 0.333 e. The number of rotatable bonds is 2. The molecule has 0 spiro atoms. The van der Waals surface area contributed by atoms with Crippen molar-refractivity contribution in [3.05, 3.63) is 149 Å². The molecule has 5 heteroatoms. The Balaban J connectivity index is 1.18. The summed E-state index contributed by atoms with van der Waals surface area (Å²) in [5.74, 6) is 0. The minimum absolute atomic E-state index is 0.000255. The van der Waals surface area contributed by atoms with Crippen molar-refractivity contribution in [1.82, 2.24) is 0 Å². The molecule has 0 bridgehead atoms. The topological polar surface area (TPSA) is 32.8 Å². The summed E-state index contributed by atoms with van der Waals surface area (Å²) in [5, 5.41) is 4.55. The molecule has 5 aliphatic rings. The first kappa shape index (κ1) is 43.6. The molecule has 4 nitrogen and oxygen atoms in total. The van der Waals surface area contributed by atoms with Crippen molar-refractivity contribution in [1.29, 1.82) is 0 Å². The van der Waals surface area contributed by atoms with Gasteiger partial charge in [-0.3, -0.25) is 0 Å². The molecule has 0 atom stereocenters. The second kappa shape index (κ2) is 13.8. The largest absolute Gasteiger partial charge is 0.455 e. The zero-order chi connectivity index (χ0) is 49.1. The molecule has 0 radical (unpaired) electrons. The Bertz CT molecular complexity index is 3810. The van der Waals surface area contributed by atoms with Gasteiger partial charge in [0.25, 0.3) is 0 Å². The standard InChI is InChI=1S/C66H67BN2O2/c1-61(2)27-29-63(5,6)47-33-38(21-25-45(47)61)68-52-37-50-49(65(9,10)31-32-66(50,11)12)36-51(52)67-57-53(68)35-44-41-18-14-16-20-55(41)70-59(44)56(57)43-24-23-42-40-17-13-15-19-54(40)71-60(42)58(43)69(67)39-22-26-46-48(34-39)64(7,8)30-28-62(46,3)4/h13-26,33-37H,27-32H2,1-12H3. The Labute approximate surface area is 420 Å². The van der Waals surface area contributed by atoms with Gasteiger partial charge in [0.1, 0.15) is 16.7 Å². The van der Waals surface area contributed by atoms with E-state index in [0.29, 0.717) is 0 Å². The van der Waals surface area contributed by atoms with Gasteiger partial charge in [-0.15, -0.1) is 0 Å². The number of hydrogen-bond donors (Lipinski definition) is 0. The van der Waals surface area contributed by atoms with Crippen LogP contribution in [0.15, 0.2) is 124 Å². The van der Waals surface area contributed by atoms with Crippen LogP contribution in [0.4, 0.5) is 28.4 Å². The van der Waals surface area contributed by atoms with Gasteiger partial charge in [-0.05, 0) is 170 Å². The van der Waals surface area contributed by atoms with E-state index in [1.54, 1.807) is 0 Å². The van der Waals surface area contributed by atoms with Gasteiger partial charge in [-0.1, -0.05) is 144 Å². The van der Waals surface area contributed by atoms with Gasteiger partial charge in [0, 0.05) is 55.4 Å². The van der Waals surface area contributed by atoms with E-state index in [-0.39, 0.29) is 39.3 Å². The number of hydrogen-bond acceptors (Lipinski definition) is 4. The van der Waals surface area contributed by atoms with Crippen LogP contribution in [0.3, 0.4) is 0 Å². The summed E-state index contributed by atoms with van der Waals surface area (Å²) in [6.07, 6.45) is 6.93. The Morgan fingerprint density at radius 2 is 0.887 bits per heavy atom. The van der Waals surface area contributed by atoms with Gasteiger partial charge in [-0.25, -0.2) is 0 Å². The number of anilines is 5. The van der Waals surface area contributed by atoms with Gasteiger partial charge in [0.2, 0.25) is 0 Å². The lowest BCUT2D eigenvalue weighted by atomic mass is 9.42. The molecule has 0 amide bonds. The van der Waals surface area contributed by atoms with Crippen LogP contribution in [0.2, 0.25) is 0 Å². The first-order valence-electron chi connectivity index (χ1n) is 26.7. The average molecular weight is 931 g/mol. The lowest BCUT2D eigenvalue weighted by molar-refractivity contribution is 0.332. The Morgan fingerprint density at radius 3 is 1.48 bits per heavy atom. The summed E-state index contributed by atoms with van der Waals surface area (Å²) >= 11 is 0. The second-order valence-corrected chi connectivity index (χ2v) is 26.4. The van der Waals surface area contributed by atoms with Crippen molar-refractivity contribution < 1.29 is 8.83 Å². The van der Waals surface area contributed by atoms with Crippen LogP contribution in [0, 0.1) is 0 Å². The molecular weight excluding hydrogens is 864 g/mol. The zero-order valence-corrected chi connectivity index (χ0v) is 44.0. The molecule has 2 aromatic heterocycles. The van der Waals surface area contributed by atoms with Gasteiger partial charge in [0.05, 0.1) is 5.69 Å². The normalized spacial score (nSPS) is 20.4. The van der Waals surface area contributed by atoms with Crippen molar-refractivity contribution in [2.24, 2.45) is 0 Å². The highest BCUT2D eigenvalue weighted by Crippen LogP contribution is 2.57. The fraction of sp³-hybridized carbons (Fsp3) is 0.364. The fourth-order valence-corrected chi connectivity index (χ4v) is 14.5. The summed E-state index contributed by atoms with van der Waals surface area (Å²) in [5.41, 5.74) is 23.6. The number of benzene rings is 7. The van der Waals surface area contributed by atoms with Crippen molar-refractivity contribution in [2.75, 3.05) is 9.71 Å². The van der Waals surface area contributed by atoms with Crippen molar-refractivity contribution >= 4 is 90.1 Å². The smallest absolute Gasteiger partial charge is 0.333 e. The highest BCUT2D eigenvalue weighted by atomic mass is 16.3. The summed E-state index contributed by atoms with van der Waals surface area (Å²) in [7, 11) is 0. The third kappa shape index (κ3) is 5.87. The Kier molecular flexibility index (Phi) is 8.50. The number of para-hydroxylation sites is 2. The molecule has 0 saturated heterocycles. The molecule has 356 valence electrons. The predicted octanol–water partition coefficient (Wildman–Crippen LogP) is 17.2. The molecule has 0 unspecified atom stereocenters. The van der Waals surface area contributed by atoms with Crippen LogP contribution >= 0.6 is 0 Å². The van der Waals surface area contributed by atoms with E-state index in [9.17, 15) is 0 Å². The SMILES string of the molecule is CC1(C)CCC(C)(C)c2cc(N3B4c5cc6c(cc5N(c5ccc7c(c5)C(C)(C)CCC7(C)C)c5cc7c(oc8ccccc87)c(c54)-c4ccc5c(oc7ccccc75)c43)C(C)(C)CCC6(C)C)ccc21. The predicted molar refractivity (Wildman–Crippen MR) is 301 cm³/mol. The monoisotopic (exact) mass is 931 g/mol. The molecule has 0 fully saturated rings. The van der Waals surface area contributed by atoms with E-state index < -0.39 is 0 Å². The molecule has 7 aromatic carbocycles. The van der Waals surface area contributed by atoms with Crippen LogP contribution < -0.4 is 20.6 Å². The van der Waals surface area contributed by atoms with Crippen LogP contribution in [0.5, 0.6) is 0 Å². The van der Waals surface area contributed by atoms with Crippen molar-refractivity contribution in [3.63, 3.8) is 0 Å². The molecule has 14 rings (SSSR count). The number of fused-ring (bicyclic) bond motifs is 15. The summed E-state index contributed by atoms with van der Waals surface area (Å²) < 4.78 is 14.5. The van der Waals surface area contributed by atoms with E-state index in [2.05, 4.69) is 208 Å². The van der Waals surface area contributed by atoms with Crippen LogP contribution in [0.1, 0.15) is 155 Å². The summed E-state index contributed by atoms with van der Waals surface area (Å²) in [6.45, 7) is 29.3. The molecule has 0 saturated carbocycles. The van der Waals surface area contributed by atoms with E-state index in [0.717, 1.165) is 80.8 Å². The third-order valence-corrected chi connectivity index (χ3v) is 19.2. The van der Waals surface area contributed by atoms with Gasteiger partial charge in [0.15, 0.2) is 5.58 Å². The molecule has 71 heavy (non-hydrogen) atoms. The quantitative estimate of drug-likeness (QED) is 0.162. The Morgan fingerprint density at radius 1 is 0.408 bits per heavy atom. The van der Waals surface area contributed by atoms with Gasteiger partial charge < -0.3 is 18.5 Å². The van der Waals surface area contributed by atoms with Gasteiger partial charge in [-0.2, -0.15) is 0 Å². The van der Waals surface area contributed by atoms with E-state index in [1.807, 2.05) is 0 Å². The summed E-state index contributed by atoms with van der Waals surface area (Å²) in [6, 6.07) is 44.8. The molecule has 4 heterocycles. The van der Waals surface area contributed by atoms with E-state index >= 15 is 0 Å². The number of furan rings is 2. The van der Waals surface area contributed by atoms with Crippen LogP contribution in [-0.4, -0.2) is 6.85 Å². The average Bonchev–Trinajstić information content (AvgIpc) is 3.91. The molecule has 3 aliphatic carbocycles. The van der Waals surface area contributed by atoms with E-state index in [4.69, 9.17) is 8.83 Å². The zero-order valence-electron chi connectivity index (χ0n) is 44.0. The maximum absolute atomic E-state index is 7.25. The number of nitrogens with zero attached hydrogens (tertiary/aromatic N) is 2.